The lowest BCUT2D eigenvalue weighted by Crippen LogP contribution is -2.32. The Morgan fingerprint density at radius 1 is 1.16 bits per heavy atom. The molecule has 5 nitrogen and oxygen atoms in total. The monoisotopic (exact) mass is 356 g/mol. The Labute approximate surface area is 148 Å². The van der Waals surface area contributed by atoms with Gasteiger partial charge in [0, 0.05) is 30.9 Å². The molecule has 0 spiro atoms. The van der Waals surface area contributed by atoms with Gasteiger partial charge in [-0.05, 0) is 36.6 Å². The van der Waals surface area contributed by atoms with Crippen LogP contribution in [0, 0.1) is 0 Å². The van der Waals surface area contributed by atoms with E-state index >= 15 is 0 Å². The molecule has 2 aromatic rings. The summed E-state index contributed by atoms with van der Waals surface area (Å²) >= 11 is 0. The van der Waals surface area contributed by atoms with Gasteiger partial charge in [-0.15, -0.1) is 0 Å². The maximum Gasteiger partial charge on any atom is 0.239 e. The smallest absolute Gasteiger partial charge is 0.239 e. The van der Waals surface area contributed by atoms with Crippen molar-refractivity contribution in [2.24, 2.45) is 0 Å². The van der Waals surface area contributed by atoms with Crippen LogP contribution < -0.4 is 4.74 Å². The van der Waals surface area contributed by atoms with Crippen LogP contribution in [0.5, 0.6) is 5.75 Å². The van der Waals surface area contributed by atoms with E-state index in [0.717, 1.165) is 29.7 Å². The first-order valence-corrected chi connectivity index (χ1v) is 9.94. The number of hydrogen-bond donors (Lipinski definition) is 0. The topological polar surface area (TPSA) is 59.5 Å². The van der Waals surface area contributed by atoms with Crippen molar-refractivity contribution in [2.75, 3.05) is 13.2 Å². The van der Waals surface area contributed by atoms with E-state index in [4.69, 9.17) is 4.74 Å². The van der Waals surface area contributed by atoms with E-state index in [-0.39, 0.29) is 6.04 Å². The van der Waals surface area contributed by atoms with E-state index in [2.05, 4.69) is 4.98 Å². The largest absolute Gasteiger partial charge is 0.493 e. The van der Waals surface area contributed by atoms with Crippen molar-refractivity contribution in [3.05, 3.63) is 64.8 Å². The predicted octanol–water partition coefficient (Wildman–Crippen LogP) is 3.37. The third-order valence-corrected chi connectivity index (χ3v) is 6.79. The summed E-state index contributed by atoms with van der Waals surface area (Å²) in [4.78, 5) is 4.57. The predicted molar refractivity (Wildman–Crippen MR) is 96.4 cm³/mol. The number of rotatable bonds is 3. The molecule has 1 unspecified atom stereocenters. The molecule has 0 N–H and O–H groups in total. The molecule has 0 aliphatic carbocycles. The van der Waals surface area contributed by atoms with Gasteiger partial charge in [-0.25, -0.2) is 8.42 Å². The van der Waals surface area contributed by atoms with Crippen molar-refractivity contribution in [3.8, 4) is 5.75 Å². The minimum atomic E-state index is -3.54. The lowest BCUT2D eigenvalue weighted by Gasteiger charge is -2.25. The molecule has 1 atom stereocenters. The first-order chi connectivity index (χ1) is 12.2. The number of ether oxygens (including phenoxy) is 1. The molecular weight excluding hydrogens is 336 g/mol. The number of nitrogens with zero attached hydrogens (tertiary/aromatic N) is 2. The zero-order valence-electron chi connectivity index (χ0n) is 13.8. The molecule has 3 heterocycles. The fourth-order valence-electron chi connectivity index (χ4n) is 3.53. The van der Waals surface area contributed by atoms with E-state index in [1.165, 1.54) is 0 Å². The maximum atomic E-state index is 13.3. The molecule has 0 bridgehead atoms. The molecule has 0 amide bonds. The summed E-state index contributed by atoms with van der Waals surface area (Å²) in [5, 5.41) is 0. The van der Waals surface area contributed by atoms with E-state index in [0.29, 0.717) is 24.5 Å². The van der Waals surface area contributed by atoms with Crippen LogP contribution in [0.3, 0.4) is 0 Å². The summed E-state index contributed by atoms with van der Waals surface area (Å²) in [7, 11) is -3.54. The Morgan fingerprint density at radius 2 is 2.04 bits per heavy atom. The molecule has 1 saturated heterocycles. The second-order valence-electron chi connectivity index (χ2n) is 6.31. The van der Waals surface area contributed by atoms with Crippen molar-refractivity contribution in [3.63, 3.8) is 0 Å². The quantitative estimate of drug-likeness (QED) is 0.846. The van der Waals surface area contributed by atoms with E-state index < -0.39 is 10.0 Å². The van der Waals surface area contributed by atoms with Gasteiger partial charge in [-0.2, -0.15) is 4.31 Å². The van der Waals surface area contributed by atoms with Crippen LogP contribution in [0.2, 0.25) is 0 Å². The highest BCUT2D eigenvalue weighted by molar-refractivity contribution is 7.93. The molecule has 4 rings (SSSR count). The zero-order chi connectivity index (χ0) is 17.3. The fraction of sp³-hybridized carbons (Fsp3) is 0.316. The number of sulfonamides is 1. The first kappa shape index (κ1) is 16.3. The molecule has 130 valence electrons. The van der Waals surface area contributed by atoms with Crippen molar-refractivity contribution in [1.29, 1.82) is 0 Å². The minimum absolute atomic E-state index is 0.140. The summed E-state index contributed by atoms with van der Waals surface area (Å²) in [5.74, 6) is 0.734. The van der Waals surface area contributed by atoms with Crippen molar-refractivity contribution in [1.82, 2.24) is 9.29 Å². The van der Waals surface area contributed by atoms with Gasteiger partial charge in [0.25, 0.3) is 0 Å². The molecular formula is C19H20N2O3S. The minimum Gasteiger partial charge on any atom is -0.493 e. The number of hydrogen-bond acceptors (Lipinski definition) is 4. The SMILES string of the molecule is O=S(=O)(C1=Cc2ccccc2OCC1)N1CCCC1c1cccnc1. The third-order valence-electron chi connectivity index (χ3n) is 4.75. The van der Waals surface area contributed by atoms with Gasteiger partial charge in [0.1, 0.15) is 5.75 Å². The number of pyridine rings is 1. The Hall–Kier alpha value is -2.18. The number of para-hydroxylation sites is 1. The van der Waals surface area contributed by atoms with Crippen LogP contribution in [0.25, 0.3) is 6.08 Å². The Morgan fingerprint density at radius 3 is 2.88 bits per heavy atom. The van der Waals surface area contributed by atoms with Gasteiger partial charge >= 0.3 is 0 Å². The Bertz CT molecular complexity index is 894. The summed E-state index contributed by atoms with van der Waals surface area (Å²) in [6, 6.07) is 11.2. The van der Waals surface area contributed by atoms with Crippen LogP contribution in [-0.4, -0.2) is 30.9 Å². The molecule has 1 aromatic heterocycles. The van der Waals surface area contributed by atoms with Crippen molar-refractivity contribution >= 4 is 16.1 Å². The zero-order valence-corrected chi connectivity index (χ0v) is 14.7. The average Bonchev–Trinajstić information content (AvgIpc) is 3.03. The van der Waals surface area contributed by atoms with Crippen molar-refractivity contribution < 1.29 is 13.2 Å². The van der Waals surface area contributed by atoms with Gasteiger partial charge in [0.05, 0.1) is 17.6 Å². The standard InChI is InChI=1S/C19H20N2O3S/c22-25(23,17-9-12-24-19-8-2-1-5-15(19)13-17)21-11-4-7-18(21)16-6-3-10-20-14-16/h1-3,5-6,8,10,13-14,18H,4,7,9,11-12H2. The second kappa shape index (κ2) is 6.61. The molecule has 1 fully saturated rings. The second-order valence-corrected chi connectivity index (χ2v) is 8.25. The van der Waals surface area contributed by atoms with Gasteiger partial charge in [0.2, 0.25) is 10.0 Å². The van der Waals surface area contributed by atoms with Gasteiger partial charge in [-0.1, -0.05) is 24.3 Å². The first-order valence-electron chi connectivity index (χ1n) is 8.50. The molecule has 0 radical (unpaired) electrons. The highest BCUT2D eigenvalue weighted by Crippen LogP contribution is 2.38. The Kier molecular flexibility index (Phi) is 4.31. The summed E-state index contributed by atoms with van der Waals surface area (Å²) < 4.78 is 34.0. The van der Waals surface area contributed by atoms with Crippen LogP contribution in [0.4, 0.5) is 0 Å². The molecule has 2 aliphatic heterocycles. The van der Waals surface area contributed by atoms with Gasteiger partial charge in [0.15, 0.2) is 0 Å². The van der Waals surface area contributed by atoms with Gasteiger partial charge < -0.3 is 4.74 Å². The van der Waals surface area contributed by atoms with E-state index in [1.807, 2.05) is 36.4 Å². The maximum absolute atomic E-state index is 13.3. The van der Waals surface area contributed by atoms with Crippen LogP contribution in [0.15, 0.2) is 53.7 Å². The molecule has 1 aromatic carbocycles. The summed E-state index contributed by atoms with van der Waals surface area (Å²) in [6.45, 7) is 0.912. The summed E-state index contributed by atoms with van der Waals surface area (Å²) in [6.07, 6.45) is 7.30. The lowest BCUT2D eigenvalue weighted by molar-refractivity contribution is 0.324. The van der Waals surface area contributed by atoms with Gasteiger partial charge in [-0.3, -0.25) is 4.98 Å². The number of fused-ring (bicyclic) bond motifs is 1. The number of aromatic nitrogens is 1. The molecule has 25 heavy (non-hydrogen) atoms. The molecule has 2 aliphatic rings. The highest BCUT2D eigenvalue weighted by atomic mass is 32.2. The fourth-order valence-corrected chi connectivity index (χ4v) is 5.38. The molecule has 6 heteroatoms. The molecule has 0 saturated carbocycles. The number of benzene rings is 1. The average molecular weight is 356 g/mol. The van der Waals surface area contributed by atoms with E-state index in [1.54, 1.807) is 22.8 Å². The lowest BCUT2D eigenvalue weighted by atomic mass is 10.1. The van der Waals surface area contributed by atoms with Crippen LogP contribution in [0.1, 0.15) is 36.4 Å². The Balaban J connectivity index is 1.71. The normalized spacial score (nSPS) is 21.1. The van der Waals surface area contributed by atoms with Crippen LogP contribution in [-0.2, 0) is 10.0 Å². The van der Waals surface area contributed by atoms with E-state index in [9.17, 15) is 8.42 Å². The van der Waals surface area contributed by atoms with Crippen LogP contribution >= 0.6 is 0 Å². The third kappa shape index (κ3) is 3.07. The summed E-state index contributed by atoms with van der Waals surface area (Å²) in [5.41, 5.74) is 1.77. The van der Waals surface area contributed by atoms with Crippen molar-refractivity contribution in [2.45, 2.75) is 25.3 Å². The highest BCUT2D eigenvalue weighted by Gasteiger charge is 2.37.